The van der Waals surface area contributed by atoms with Crippen LogP contribution >= 0.6 is 11.6 Å². The first-order valence-electron chi connectivity index (χ1n) is 9.06. The van der Waals surface area contributed by atoms with E-state index in [0.717, 1.165) is 5.56 Å². The molecule has 0 unspecified atom stereocenters. The van der Waals surface area contributed by atoms with Gasteiger partial charge in [-0.2, -0.15) is 5.26 Å². The van der Waals surface area contributed by atoms with E-state index in [1.165, 1.54) is 6.08 Å². The lowest BCUT2D eigenvalue weighted by Gasteiger charge is -2.15. The second kappa shape index (κ2) is 10.4. The lowest BCUT2D eigenvalue weighted by molar-refractivity contribution is -0.117. The summed E-state index contributed by atoms with van der Waals surface area (Å²) in [5.41, 5.74) is 1.51. The molecule has 0 bridgehead atoms. The summed E-state index contributed by atoms with van der Waals surface area (Å²) in [6.45, 7) is 6.45. The minimum atomic E-state index is -0.457. The van der Waals surface area contributed by atoms with Gasteiger partial charge < -0.3 is 14.8 Å². The Morgan fingerprint density at radius 3 is 2.50 bits per heavy atom. The molecule has 0 aliphatic carbocycles. The summed E-state index contributed by atoms with van der Waals surface area (Å²) in [7, 11) is 0. The Kier molecular flexibility index (Phi) is 7.91. The largest absolute Gasteiger partial charge is 0.490 e. The van der Waals surface area contributed by atoms with Gasteiger partial charge in [0, 0.05) is 0 Å². The summed E-state index contributed by atoms with van der Waals surface area (Å²) in [6.07, 6.45) is 1.48. The van der Waals surface area contributed by atoms with Crippen LogP contribution in [0.15, 0.2) is 48.0 Å². The van der Waals surface area contributed by atoms with Crippen molar-refractivity contribution >= 4 is 23.6 Å². The molecule has 0 aliphatic heterocycles. The van der Waals surface area contributed by atoms with Crippen LogP contribution in [-0.2, 0) is 4.79 Å². The molecule has 1 amide bonds. The highest BCUT2D eigenvalue weighted by molar-refractivity contribution is 6.32. The van der Waals surface area contributed by atoms with Crippen molar-refractivity contribution < 1.29 is 14.3 Å². The molecule has 0 aromatic heterocycles. The topological polar surface area (TPSA) is 71.3 Å². The number of nitriles is 1. The van der Waals surface area contributed by atoms with E-state index in [1.54, 1.807) is 12.1 Å². The van der Waals surface area contributed by atoms with Gasteiger partial charge in [-0.15, -0.1) is 0 Å². The average molecular weight is 399 g/mol. The zero-order valence-corrected chi connectivity index (χ0v) is 16.9. The van der Waals surface area contributed by atoms with Gasteiger partial charge in [0.15, 0.2) is 11.5 Å². The number of benzene rings is 2. The van der Waals surface area contributed by atoms with Gasteiger partial charge >= 0.3 is 0 Å². The van der Waals surface area contributed by atoms with Crippen LogP contribution < -0.4 is 14.8 Å². The standard InChI is InChI=1S/C22H23ClN2O3/c1-4-27-20-13-16(12-19(23)21(20)28-5-2)11-18(14-24)22(26)25-15(3)17-9-7-6-8-10-17/h6-13,15H,4-5H2,1-3H3,(H,25,26)/b18-11-/t15-/m1/s1. The maximum absolute atomic E-state index is 12.5. The fraction of sp³-hybridized carbons (Fsp3) is 0.273. The first-order valence-corrected chi connectivity index (χ1v) is 9.44. The number of rotatable bonds is 8. The number of carbonyl (C=O) groups excluding carboxylic acids is 1. The lowest BCUT2D eigenvalue weighted by atomic mass is 10.1. The van der Waals surface area contributed by atoms with Crippen LogP contribution in [0.3, 0.4) is 0 Å². The number of carbonyl (C=O) groups is 1. The van der Waals surface area contributed by atoms with E-state index in [-0.39, 0.29) is 11.6 Å². The third kappa shape index (κ3) is 5.51. The SMILES string of the molecule is CCOc1cc(/C=C(/C#N)C(=O)N[C@H](C)c2ccccc2)cc(Cl)c1OCC. The summed E-state index contributed by atoms with van der Waals surface area (Å²) >= 11 is 6.30. The second-order valence-corrected chi connectivity index (χ2v) is 6.38. The maximum Gasteiger partial charge on any atom is 0.262 e. The number of hydrogen-bond donors (Lipinski definition) is 1. The molecular formula is C22H23ClN2O3. The molecule has 0 aliphatic rings. The van der Waals surface area contributed by atoms with Gasteiger partial charge in [-0.3, -0.25) is 4.79 Å². The Morgan fingerprint density at radius 2 is 1.89 bits per heavy atom. The summed E-state index contributed by atoms with van der Waals surface area (Å²) in [6, 6.07) is 14.6. The molecule has 2 aromatic carbocycles. The van der Waals surface area contributed by atoms with Crippen LogP contribution in [0.25, 0.3) is 6.08 Å². The molecule has 1 atom stereocenters. The average Bonchev–Trinajstić information content (AvgIpc) is 2.69. The molecule has 0 heterocycles. The van der Waals surface area contributed by atoms with E-state index < -0.39 is 5.91 Å². The molecule has 0 saturated heterocycles. The second-order valence-electron chi connectivity index (χ2n) is 5.97. The lowest BCUT2D eigenvalue weighted by Crippen LogP contribution is -2.27. The van der Waals surface area contributed by atoms with Gasteiger partial charge in [0.05, 0.1) is 24.3 Å². The number of amides is 1. The molecule has 146 valence electrons. The van der Waals surface area contributed by atoms with Gasteiger partial charge in [0.1, 0.15) is 11.6 Å². The van der Waals surface area contributed by atoms with E-state index in [2.05, 4.69) is 5.32 Å². The highest BCUT2D eigenvalue weighted by Gasteiger charge is 2.16. The quantitative estimate of drug-likeness (QED) is 0.506. The molecule has 6 heteroatoms. The maximum atomic E-state index is 12.5. The van der Waals surface area contributed by atoms with Gasteiger partial charge in [-0.05, 0) is 50.1 Å². The van der Waals surface area contributed by atoms with E-state index in [9.17, 15) is 10.1 Å². The highest BCUT2D eigenvalue weighted by atomic mass is 35.5. The van der Waals surface area contributed by atoms with Crippen LogP contribution in [0.2, 0.25) is 5.02 Å². The van der Waals surface area contributed by atoms with Crippen LogP contribution in [0.1, 0.15) is 37.9 Å². The third-order valence-corrected chi connectivity index (χ3v) is 4.22. The van der Waals surface area contributed by atoms with Crippen molar-refractivity contribution in [2.75, 3.05) is 13.2 Å². The van der Waals surface area contributed by atoms with Crippen LogP contribution in [0.5, 0.6) is 11.5 Å². The summed E-state index contributed by atoms with van der Waals surface area (Å²) in [4.78, 5) is 12.5. The Labute approximate surface area is 170 Å². The molecule has 2 rings (SSSR count). The molecule has 0 fully saturated rings. The fourth-order valence-corrected chi connectivity index (χ4v) is 2.91. The van der Waals surface area contributed by atoms with Crippen molar-refractivity contribution in [1.82, 2.24) is 5.32 Å². The fourth-order valence-electron chi connectivity index (χ4n) is 2.63. The van der Waals surface area contributed by atoms with Crippen LogP contribution in [0.4, 0.5) is 0 Å². The molecule has 0 spiro atoms. The minimum absolute atomic E-state index is 0.0227. The molecular weight excluding hydrogens is 376 g/mol. The molecule has 5 nitrogen and oxygen atoms in total. The van der Waals surface area contributed by atoms with Crippen LogP contribution in [0, 0.1) is 11.3 Å². The van der Waals surface area contributed by atoms with Crippen molar-refractivity contribution in [3.8, 4) is 17.6 Å². The summed E-state index contributed by atoms with van der Waals surface area (Å²) in [5.74, 6) is 0.462. The normalized spacial score (nSPS) is 12.0. The smallest absolute Gasteiger partial charge is 0.262 e. The first-order chi connectivity index (χ1) is 13.5. The number of halogens is 1. The van der Waals surface area contributed by atoms with Crippen molar-refractivity contribution in [2.45, 2.75) is 26.8 Å². The van der Waals surface area contributed by atoms with Gasteiger partial charge in [0.2, 0.25) is 0 Å². The summed E-state index contributed by atoms with van der Waals surface area (Å²) in [5, 5.41) is 12.6. The predicted molar refractivity (Wildman–Crippen MR) is 110 cm³/mol. The van der Waals surface area contributed by atoms with Gasteiger partial charge in [-0.25, -0.2) is 0 Å². The van der Waals surface area contributed by atoms with E-state index in [1.807, 2.05) is 57.2 Å². The van der Waals surface area contributed by atoms with Crippen molar-refractivity contribution in [2.24, 2.45) is 0 Å². The minimum Gasteiger partial charge on any atom is -0.490 e. The number of hydrogen-bond acceptors (Lipinski definition) is 4. The molecule has 1 N–H and O–H groups in total. The Balaban J connectivity index is 2.28. The summed E-state index contributed by atoms with van der Waals surface area (Å²) < 4.78 is 11.1. The molecule has 2 aromatic rings. The zero-order chi connectivity index (χ0) is 20.5. The van der Waals surface area contributed by atoms with E-state index in [4.69, 9.17) is 21.1 Å². The first kappa shape index (κ1) is 21.3. The van der Waals surface area contributed by atoms with Crippen molar-refractivity contribution in [3.05, 3.63) is 64.2 Å². The number of ether oxygens (including phenoxy) is 2. The number of nitrogens with one attached hydrogen (secondary N) is 1. The Bertz CT molecular complexity index is 889. The van der Waals surface area contributed by atoms with Crippen molar-refractivity contribution in [3.63, 3.8) is 0 Å². The third-order valence-electron chi connectivity index (χ3n) is 3.94. The van der Waals surface area contributed by atoms with Gasteiger partial charge in [-0.1, -0.05) is 41.9 Å². The van der Waals surface area contributed by atoms with Crippen molar-refractivity contribution in [1.29, 1.82) is 5.26 Å². The Morgan fingerprint density at radius 1 is 1.21 bits per heavy atom. The van der Waals surface area contributed by atoms with Crippen LogP contribution in [-0.4, -0.2) is 19.1 Å². The monoisotopic (exact) mass is 398 g/mol. The predicted octanol–water partition coefficient (Wildman–Crippen LogP) is 4.92. The van der Waals surface area contributed by atoms with E-state index in [0.29, 0.717) is 35.3 Å². The van der Waals surface area contributed by atoms with E-state index >= 15 is 0 Å². The zero-order valence-electron chi connectivity index (χ0n) is 16.2. The Hall–Kier alpha value is -2.97. The molecule has 0 saturated carbocycles. The highest BCUT2D eigenvalue weighted by Crippen LogP contribution is 2.37. The van der Waals surface area contributed by atoms with Gasteiger partial charge in [0.25, 0.3) is 5.91 Å². The molecule has 0 radical (unpaired) electrons. The molecule has 28 heavy (non-hydrogen) atoms. The number of nitrogens with zero attached hydrogens (tertiary/aromatic N) is 1.